The number of nitrogens with zero attached hydrogens (tertiary/aromatic N) is 3. The number of carbonyl (C=O) groups is 1. The summed E-state index contributed by atoms with van der Waals surface area (Å²) < 4.78 is 15.2. The zero-order chi connectivity index (χ0) is 27.6. The zero-order valence-corrected chi connectivity index (χ0v) is 24.5. The number of anilines is 2. The first-order valence-electron chi connectivity index (χ1n) is 12.8. The molecule has 3 aromatic carbocycles. The van der Waals surface area contributed by atoms with Gasteiger partial charge >= 0.3 is 5.97 Å². The maximum absolute atomic E-state index is 12.8. The number of esters is 1. The lowest BCUT2D eigenvalue weighted by Crippen LogP contribution is -2.36. The largest absolute Gasteiger partial charge is 0.459 e. The Balaban J connectivity index is 1.42. The monoisotopic (exact) mass is 583 g/mol. The third-order valence-electron chi connectivity index (χ3n) is 6.21. The van der Waals surface area contributed by atoms with Crippen LogP contribution in [0.2, 0.25) is 10.0 Å². The molecule has 1 fully saturated rings. The van der Waals surface area contributed by atoms with E-state index in [1.165, 1.54) is 17.6 Å². The maximum Gasteiger partial charge on any atom is 0.327 e. The van der Waals surface area contributed by atoms with Crippen molar-refractivity contribution in [1.29, 1.82) is 0 Å². The van der Waals surface area contributed by atoms with Crippen molar-refractivity contribution in [3.05, 3.63) is 83.0 Å². The van der Waals surface area contributed by atoms with E-state index in [1.54, 1.807) is 6.07 Å². The highest BCUT2D eigenvalue weighted by Gasteiger charge is 2.21. The van der Waals surface area contributed by atoms with Crippen LogP contribution < -0.4 is 9.21 Å². The Morgan fingerprint density at radius 3 is 2.28 bits per heavy atom. The number of hydrogen-bond acceptors (Lipinski definition) is 6. The molecule has 0 spiro atoms. The minimum absolute atomic E-state index is 0.0568. The van der Waals surface area contributed by atoms with E-state index in [4.69, 9.17) is 32.7 Å². The summed E-state index contributed by atoms with van der Waals surface area (Å²) in [7, 11) is 0. The van der Waals surface area contributed by atoms with Crippen molar-refractivity contribution in [1.82, 2.24) is 4.57 Å². The highest BCUT2D eigenvalue weighted by Crippen LogP contribution is 2.35. The molecule has 39 heavy (non-hydrogen) atoms. The van der Waals surface area contributed by atoms with Crippen molar-refractivity contribution in [3.63, 3.8) is 0 Å². The topological polar surface area (TPSA) is 46.9 Å². The van der Waals surface area contributed by atoms with Crippen LogP contribution in [0.15, 0.2) is 77.8 Å². The van der Waals surface area contributed by atoms with Crippen LogP contribution in [0, 0.1) is 0 Å². The third-order valence-corrected chi connectivity index (χ3v) is 7.65. The second kappa shape index (κ2) is 11.7. The van der Waals surface area contributed by atoms with Crippen LogP contribution >= 0.6 is 35.1 Å². The molecule has 2 heterocycles. The minimum atomic E-state index is -0.578. The molecule has 6 nitrogen and oxygen atoms in total. The number of benzene rings is 3. The summed E-state index contributed by atoms with van der Waals surface area (Å²) in [5.74, 6) is -0.318. The lowest BCUT2D eigenvalue weighted by Gasteiger charge is -2.29. The number of halogens is 2. The average molecular weight is 585 g/mol. The summed E-state index contributed by atoms with van der Waals surface area (Å²) in [6.45, 7) is 8.99. The summed E-state index contributed by atoms with van der Waals surface area (Å²) in [6, 6.07) is 22.2. The molecule has 1 aliphatic heterocycles. The van der Waals surface area contributed by atoms with Gasteiger partial charge in [0.25, 0.3) is 0 Å². The van der Waals surface area contributed by atoms with Gasteiger partial charge in [0.15, 0.2) is 0 Å². The molecule has 1 aliphatic rings. The van der Waals surface area contributed by atoms with E-state index in [9.17, 15) is 4.79 Å². The second-order valence-corrected chi connectivity index (χ2v) is 12.3. The number of hydrogen-bond donors (Lipinski definition) is 0. The zero-order valence-electron chi connectivity index (χ0n) is 22.2. The molecule has 0 atom stereocenters. The van der Waals surface area contributed by atoms with Gasteiger partial charge in [-0.1, -0.05) is 23.2 Å². The lowest BCUT2D eigenvalue weighted by molar-refractivity contribution is -0.152. The molecule has 0 unspecified atom stereocenters. The van der Waals surface area contributed by atoms with Crippen molar-refractivity contribution in [2.24, 2.45) is 0 Å². The molecular formula is C30H31Cl2N3O3S. The SMILES string of the molecule is CC(C)(C)OC(=O)CN(Sc1cc(Cl)cc(Cl)c1)c1ccc2c(ccn2-c2ccc(N3CCOCC3)cc2)c1. The number of ether oxygens (including phenoxy) is 2. The van der Waals surface area contributed by atoms with Crippen LogP contribution in [-0.2, 0) is 14.3 Å². The van der Waals surface area contributed by atoms with Gasteiger partial charge in [-0.05, 0) is 99.4 Å². The fraction of sp³-hybridized carbons (Fsp3) is 0.300. The maximum atomic E-state index is 12.8. The van der Waals surface area contributed by atoms with Crippen LogP contribution in [0.4, 0.5) is 11.4 Å². The Kier molecular flexibility index (Phi) is 8.33. The van der Waals surface area contributed by atoms with E-state index in [-0.39, 0.29) is 12.5 Å². The number of rotatable bonds is 7. The molecule has 0 amide bonds. The van der Waals surface area contributed by atoms with Crippen molar-refractivity contribution < 1.29 is 14.3 Å². The predicted octanol–water partition coefficient (Wildman–Crippen LogP) is 7.63. The van der Waals surface area contributed by atoms with E-state index in [1.807, 2.05) is 43.3 Å². The Hall–Kier alpha value is -2.84. The molecular weight excluding hydrogens is 553 g/mol. The molecule has 0 aliphatic carbocycles. The predicted molar refractivity (Wildman–Crippen MR) is 162 cm³/mol. The van der Waals surface area contributed by atoms with Gasteiger partial charge in [0.1, 0.15) is 12.1 Å². The van der Waals surface area contributed by atoms with Crippen molar-refractivity contribution in [2.75, 3.05) is 42.1 Å². The van der Waals surface area contributed by atoms with Crippen molar-refractivity contribution in [3.8, 4) is 5.69 Å². The Bertz CT molecular complexity index is 1440. The lowest BCUT2D eigenvalue weighted by atomic mass is 10.2. The number of aromatic nitrogens is 1. The number of fused-ring (bicyclic) bond motifs is 1. The summed E-state index contributed by atoms with van der Waals surface area (Å²) in [5, 5.41) is 2.13. The summed E-state index contributed by atoms with van der Waals surface area (Å²) >= 11 is 13.9. The second-order valence-electron chi connectivity index (χ2n) is 10.4. The Labute approximate surface area is 243 Å². The van der Waals surface area contributed by atoms with Crippen LogP contribution in [0.1, 0.15) is 20.8 Å². The molecule has 1 aromatic heterocycles. The number of morpholine rings is 1. The standard InChI is InChI=1S/C30H31Cl2N3O3S/c1-30(2,3)38-29(36)20-35(39-27-18-22(31)17-23(32)19-27)26-8-9-28-21(16-26)10-11-34(28)25-6-4-24(5-7-25)33-12-14-37-15-13-33/h4-11,16-19H,12-15,20H2,1-3H3. The molecule has 4 aromatic rings. The fourth-order valence-electron chi connectivity index (χ4n) is 4.53. The smallest absolute Gasteiger partial charge is 0.327 e. The van der Waals surface area contributed by atoms with Crippen LogP contribution in [0.25, 0.3) is 16.6 Å². The first-order valence-corrected chi connectivity index (χ1v) is 14.4. The quantitative estimate of drug-likeness (QED) is 0.165. The Morgan fingerprint density at radius 1 is 0.949 bits per heavy atom. The van der Waals surface area contributed by atoms with Gasteiger partial charge in [-0.3, -0.25) is 4.79 Å². The normalized spacial score (nSPS) is 14.0. The molecule has 0 N–H and O–H groups in total. The van der Waals surface area contributed by atoms with Crippen molar-refractivity contribution >= 4 is 63.4 Å². The van der Waals surface area contributed by atoms with E-state index < -0.39 is 5.60 Å². The average Bonchev–Trinajstić information content (AvgIpc) is 3.31. The molecule has 0 bridgehead atoms. The van der Waals surface area contributed by atoms with Gasteiger partial charge in [-0.2, -0.15) is 0 Å². The van der Waals surface area contributed by atoms with Gasteiger partial charge < -0.3 is 23.2 Å². The van der Waals surface area contributed by atoms with Crippen molar-refractivity contribution in [2.45, 2.75) is 31.3 Å². The van der Waals surface area contributed by atoms with Crippen LogP contribution in [0.5, 0.6) is 0 Å². The molecule has 1 saturated heterocycles. The van der Waals surface area contributed by atoms with Gasteiger partial charge in [-0.25, -0.2) is 0 Å². The Morgan fingerprint density at radius 2 is 1.62 bits per heavy atom. The summed E-state index contributed by atoms with van der Waals surface area (Å²) in [5.41, 5.74) is 3.66. The van der Waals surface area contributed by atoms with E-state index in [2.05, 4.69) is 58.1 Å². The van der Waals surface area contributed by atoms with E-state index >= 15 is 0 Å². The highest BCUT2D eigenvalue weighted by atomic mass is 35.5. The van der Waals surface area contributed by atoms with E-state index in [0.29, 0.717) is 10.0 Å². The van der Waals surface area contributed by atoms with Gasteiger partial charge in [-0.15, -0.1) is 0 Å². The molecule has 204 valence electrons. The van der Waals surface area contributed by atoms with Gasteiger partial charge in [0.2, 0.25) is 0 Å². The highest BCUT2D eigenvalue weighted by molar-refractivity contribution is 8.00. The minimum Gasteiger partial charge on any atom is -0.459 e. The first-order chi connectivity index (χ1) is 18.6. The molecule has 0 saturated carbocycles. The van der Waals surface area contributed by atoms with Crippen LogP contribution in [0.3, 0.4) is 0 Å². The number of carbonyl (C=O) groups excluding carboxylic acids is 1. The van der Waals surface area contributed by atoms with E-state index in [0.717, 1.165) is 53.5 Å². The van der Waals surface area contributed by atoms with Gasteiger partial charge in [0.05, 0.1) is 18.7 Å². The third kappa shape index (κ3) is 7.03. The fourth-order valence-corrected chi connectivity index (χ4v) is 6.19. The molecule has 9 heteroatoms. The van der Waals surface area contributed by atoms with Gasteiger partial charge in [0, 0.05) is 56.7 Å². The summed E-state index contributed by atoms with van der Waals surface area (Å²) in [6.07, 6.45) is 2.07. The first kappa shape index (κ1) is 27.7. The molecule has 5 rings (SSSR count). The molecule has 0 radical (unpaired) electrons. The van der Waals surface area contributed by atoms with Crippen LogP contribution in [-0.4, -0.2) is 49.0 Å². The summed E-state index contributed by atoms with van der Waals surface area (Å²) in [4.78, 5) is 16.0.